The molecule has 3 rings (SSSR count). The molecule has 1 aliphatic rings. The zero-order valence-corrected chi connectivity index (χ0v) is 12.2. The summed E-state index contributed by atoms with van der Waals surface area (Å²) in [7, 11) is 0. The summed E-state index contributed by atoms with van der Waals surface area (Å²) in [5, 5.41) is 3.74. The highest BCUT2D eigenvalue weighted by Crippen LogP contribution is 2.23. The van der Waals surface area contributed by atoms with Crippen molar-refractivity contribution in [2.45, 2.75) is 18.9 Å². The normalized spacial score (nSPS) is 17.5. The van der Waals surface area contributed by atoms with Crippen LogP contribution in [0.4, 0.5) is 0 Å². The molecule has 0 saturated carbocycles. The van der Waals surface area contributed by atoms with E-state index < -0.39 is 0 Å². The Balaban J connectivity index is 1.73. The third-order valence-corrected chi connectivity index (χ3v) is 4.12. The van der Waals surface area contributed by atoms with Gasteiger partial charge in [-0.05, 0) is 48.6 Å². The number of nitrogens with one attached hydrogen (secondary N) is 1. The van der Waals surface area contributed by atoms with Crippen LogP contribution in [0, 0.1) is 5.92 Å². The second kappa shape index (κ2) is 7.34. The number of hydrogen-bond acceptors (Lipinski definition) is 3. The van der Waals surface area contributed by atoms with Gasteiger partial charge in [-0.2, -0.15) is 0 Å². The zero-order valence-electron chi connectivity index (χ0n) is 12.2. The van der Waals surface area contributed by atoms with Gasteiger partial charge in [-0.1, -0.05) is 30.3 Å². The van der Waals surface area contributed by atoms with Gasteiger partial charge in [0.25, 0.3) is 0 Å². The van der Waals surface area contributed by atoms with Crippen molar-refractivity contribution < 1.29 is 4.74 Å². The highest BCUT2D eigenvalue weighted by atomic mass is 16.5. The van der Waals surface area contributed by atoms with Gasteiger partial charge in [0, 0.05) is 25.6 Å². The molecule has 1 aromatic heterocycles. The van der Waals surface area contributed by atoms with Gasteiger partial charge in [-0.3, -0.25) is 4.98 Å². The van der Waals surface area contributed by atoms with Crippen molar-refractivity contribution in [2.24, 2.45) is 5.92 Å². The quantitative estimate of drug-likeness (QED) is 0.914. The number of pyridine rings is 1. The Kier molecular flexibility index (Phi) is 4.98. The Labute approximate surface area is 126 Å². The van der Waals surface area contributed by atoms with E-state index in [-0.39, 0.29) is 6.04 Å². The van der Waals surface area contributed by atoms with Crippen LogP contribution in [0.5, 0.6) is 0 Å². The van der Waals surface area contributed by atoms with E-state index in [2.05, 4.69) is 52.8 Å². The molecular weight excluding hydrogens is 260 g/mol. The molecule has 21 heavy (non-hydrogen) atoms. The van der Waals surface area contributed by atoms with Gasteiger partial charge in [0.15, 0.2) is 0 Å². The second-order valence-corrected chi connectivity index (χ2v) is 5.59. The Morgan fingerprint density at radius 3 is 2.38 bits per heavy atom. The van der Waals surface area contributed by atoms with E-state index in [4.69, 9.17) is 4.74 Å². The summed E-state index contributed by atoms with van der Waals surface area (Å²) in [4.78, 5) is 4.13. The third-order valence-electron chi connectivity index (χ3n) is 4.12. The van der Waals surface area contributed by atoms with Crippen molar-refractivity contribution in [1.29, 1.82) is 0 Å². The maximum atomic E-state index is 5.44. The van der Waals surface area contributed by atoms with Crippen LogP contribution in [-0.2, 0) is 4.74 Å². The van der Waals surface area contributed by atoms with E-state index >= 15 is 0 Å². The number of rotatable bonds is 5. The van der Waals surface area contributed by atoms with Crippen molar-refractivity contribution >= 4 is 0 Å². The fraction of sp³-hybridized carbons (Fsp3) is 0.389. The van der Waals surface area contributed by atoms with Gasteiger partial charge >= 0.3 is 0 Å². The monoisotopic (exact) mass is 282 g/mol. The molecule has 1 aliphatic heterocycles. The van der Waals surface area contributed by atoms with Gasteiger partial charge in [0.05, 0.1) is 6.04 Å². The van der Waals surface area contributed by atoms with Gasteiger partial charge in [-0.15, -0.1) is 0 Å². The van der Waals surface area contributed by atoms with E-state index in [1.807, 2.05) is 12.4 Å². The van der Waals surface area contributed by atoms with E-state index in [0.717, 1.165) is 32.6 Å². The number of nitrogens with zero attached hydrogens (tertiary/aromatic N) is 1. The van der Waals surface area contributed by atoms with Gasteiger partial charge in [0.2, 0.25) is 0 Å². The van der Waals surface area contributed by atoms with E-state index in [1.165, 1.54) is 11.1 Å². The SMILES string of the molecule is c1ccc(C(NCC2CCOCC2)c2ccncc2)cc1. The van der Waals surface area contributed by atoms with Crippen molar-refractivity contribution in [3.63, 3.8) is 0 Å². The average Bonchev–Trinajstić information content (AvgIpc) is 2.58. The fourth-order valence-electron chi connectivity index (χ4n) is 2.86. The molecule has 3 heteroatoms. The summed E-state index contributed by atoms with van der Waals surface area (Å²) >= 11 is 0. The third kappa shape index (κ3) is 3.90. The molecule has 2 aromatic rings. The largest absolute Gasteiger partial charge is 0.381 e. The number of benzene rings is 1. The molecular formula is C18H22N2O. The molecule has 3 nitrogen and oxygen atoms in total. The Morgan fingerprint density at radius 2 is 1.67 bits per heavy atom. The maximum absolute atomic E-state index is 5.44. The van der Waals surface area contributed by atoms with Crippen LogP contribution in [0.2, 0.25) is 0 Å². The predicted octanol–water partition coefficient (Wildman–Crippen LogP) is 3.19. The van der Waals surface area contributed by atoms with E-state index in [1.54, 1.807) is 0 Å². The molecule has 0 spiro atoms. The molecule has 1 aromatic carbocycles. The molecule has 0 amide bonds. The summed E-state index contributed by atoms with van der Waals surface area (Å²) in [5.74, 6) is 0.715. The number of aromatic nitrogens is 1. The summed E-state index contributed by atoms with van der Waals surface area (Å²) in [6.45, 7) is 2.83. The molecule has 2 heterocycles. The predicted molar refractivity (Wildman–Crippen MR) is 84.1 cm³/mol. The van der Waals surface area contributed by atoms with Gasteiger partial charge < -0.3 is 10.1 Å². The molecule has 1 N–H and O–H groups in total. The molecule has 0 aliphatic carbocycles. The van der Waals surface area contributed by atoms with Crippen molar-refractivity contribution in [1.82, 2.24) is 10.3 Å². The molecule has 1 fully saturated rings. The molecule has 0 radical (unpaired) electrons. The minimum Gasteiger partial charge on any atom is -0.381 e. The first-order chi connectivity index (χ1) is 10.4. The number of hydrogen-bond donors (Lipinski definition) is 1. The van der Waals surface area contributed by atoms with E-state index in [0.29, 0.717) is 5.92 Å². The highest BCUT2D eigenvalue weighted by Gasteiger charge is 2.18. The lowest BCUT2D eigenvalue weighted by atomic mass is 9.96. The fourth-order valence-corrected chi connectivity index (χ4v) is 2.86. The van der Waals surface area contributed by atoms with Gasteiger partial charge in [0.1, 0.15) is 0 Å². The first kappa shape index (κ1) is 14.2. The van der Waals surface area contributed by atoms with Crippen molar-refractivity contribution in [3.05, 3.63) is 66.0 Å². The smallest absolute Gasteiger partial charge is 0.0577 e. The topological polar surface area (TPSA) is 34.1 Å². The Bertz CT molecular complexity index is 484. The minimum absolute atomic E-state index is 0.233. The van der Waals surface area contributed by atoms with Gasteiger partial charge in [-0.25, -0.2) is 0 Å². The first-order valence-electron chi connectivity index (χ1n) is 7.69. The lowest BCUT2D eigenvalue weighted by Gasteiger charge is -2.26. The highest BCUT2D eigenvalue weighted by molar-refractivity contribution is 5.30. The lowest BCUT2D eigenvalue weighted by molar-refractivity contribution is 0.0658. The number of ether oxygens (including phenoxy) is 1. The molecule has 0 bridgehead atoms. The zero-order chi connectivity index (χ0) is 14.3. The molecule has 1 atom stereocenters. The van der Waals surface area contributed by atoms with Crippen molar-refractivity contribution in [2.75, 3.05) is 19.8 Å². The summed E-state index contributed by atoms with van der Waals surface area (Å²) < 4.78 is 5.44. The van der Waals surface area contributed by atoms with Crippen LogP contribution in [-0.4, -0.2) is 24.7 Å². The Morgan fingerprint density at radius 1 is 1.00 bits per heavy atom. The van der Waals surface area contributed by atoms with Crippen LogP contribution in [0.1, 0.15) is 30.0 Å². The average molecular weight is 282 g/mol. The van der Waals surface area contributed by atoms with Crippen LogP contribution in [0.3, 0.4) is 0 Å². The summed E-state index contributed by atoms with van der Waals surface area (Å²) in [6.07, 6.45) is 6.04. The molecule has 1 saturated heterocycles. The first-order valence-corrected chi connectivity index (χ1v) is 7.69. The molecule has 1 unspecified atom stereocenters. The van der Waals surface area contributed by atoms with Crippen LogP contribution in [0.25, 0.3) is 0 Å². The summed E-state index contributed by atoms with van der Waals surface area (Å²) in [5.41, 5.74) is 2.57. The lowest BCUT2D eigenvalue weighted by Crippen LogP contribution is -2.31. The van der Waals surface area contributed by atoms with E-state index in [9.17, 15) is 0 Å². The van der Waals surface area contributed by atoms with Crippen LogP contribution < -0.4 is 5.32 Å². The van der Waals surface area contributed by atoms with Crippen molar-refractivity contribution in [3.8, 4) is 0 Å². The molecule has 110 valence electrons. The summed E-state index contributed by atoms with van der Waals surface area (Å²) in [6, 6.07) is 15.0. The Hall–Kier alpha value is -1.71. The maximum Gasteiger partial charge on any atom is 0.0577 e. The van der Waals surface area contributed by atoms with Crippen LogP contribution >= 0.6 is 0 Å². The second-order valence-electron chi connectivity index (χ2n) is 5.59. The minimum atomic E-state index is 0.233. The standard InChI is InChI=1S/C18H22N2O/c1-2-4-16(5-3-1)18(17-6-10-19-11-7-17)20-14-15-8-12-21-13-9-15/h1-7,10-11,15,18,20H,8-9,12-14H2. The van der Waals surface area contributed by atoms with Crippen LogP contribution in [0.15, 0.2) is 54.9 Å².